The zero-order valence-electron chi connectivity index (χ0n) is 14.9. The van der Waals surface area contributed by atoms with Crippen LogP contribution >= 0.6 is 0 Å². The van der Waals surface area contributed by atoms with Gasteiger partial charge in [-0.15, -0.1) is 0 Å². The minimum Gasteiger partial charge on any atom is -0.492 e. The highest BCUT2D eigenvalue weighted by Gasteiger charge is 2.23. The molecule has 2 rings (SSSR count). The Morgan fingerprint density at radius 1 is 1.30 bits per heavy atom. The Morgan fingerprint density at radius 3 is 2.65 bits per heavy atom. The summed E-state index contributed by atoms with van der Waals surface area (Å²) in [6, 6.07) is 6.78. The zero-order valence-corrected chi connectivity index (χ0v) is 14.9. The molecule has 23 heavy (non-hydrogen) atoms. The molecule has 1 aliphatic rings. The van der Waals surface area contributed by atoms with Crippen LogP contribution < -0.4 is 10.1 Å². The van der Waals surface area contributed by atoms with E-state index in [1.165, 1.54) is 11.1 Å². The van der Waals surface area contributed by atoms with E-state index in [4.69, 9.17) is 4.74 Å². The van der Waals surface area contributed by atoms with E-state index in [1.807, 2.05) is 18.7 Å². The maximum atomic E-state index is 12.0. The van der Waals surface area contributed by atoms with E-state index >= 15 is 0 Å². The second-order valence-electron chi connectivity index (χ2n) is 6.83. The summed E-state index contributed by atoms with van der Waals surface area (Å²) in [5.74, 6) is 1.36. The summed E-state index contributed by atoms with van der Waals surface area (Å²) in [7, 11) is 0. The molecule has 0 unspecified atom stereocenters. The highest BCUT2D eigenvalue weighted by atomic mass is 16.5. The van der Waals surface area contributed by atoms with Gasteiger partial charge < -0.3 is 15.0 Å². The van der Waals surface area contributed by atoms with E-state index in [2.05, 4.69) is 37.4 Å². The normalized spacial score (nSPS) is 16.0. The number of piperidine rings is 1. The van der Waals surface area contributed by atoms with Gasteiger partial charge in [-0.2, -0.15) is 0 Å². The van der Waals surface area contributed by atoms with Crippen molar-refractivity contribution >= 4 is 5.91 Å². The number of hydrogen-bond donors (Lipinski definition) is 1. The van der Waals surface area contributed by atoms with Crippen molar-refractivity contribution < 1.29 is 9.53 Å². The van der Waals surface area contributed by atoms with Gasteiger partial charge in [-0.1, -0.05) is 26.0 Å². The number of nitrogens with zero attached hydrogens (tertiary/aromatic N) is 1. The molecule has 0 aromatic heterocycles. The summed E-state index contributed by atoms with van der Waals surface area (Å²) in [6.07, 6.45) is 2.06. The summed E-state index contributed by atoms with van der Waals surface area (Å²) < 4.78 is 5.87. The number of aryl methyl sites for hydroxylation is 2. The third kappa shape index (κ3) is 5.24. The molecular formula is C19H30N2O2. The predicted molar refractivity (Wildman–Crippen MR) is 93.9 cm³/mol. The fourth-order valence-electron chi connectivity index (χ4n) is 2.96. The topological polar surface area (TPSA) is 41.6 Å². The van der Waals surface area contributed by atoms with Gasteiger partial charge in [0.2, 0.25) is 5.91 Å². The average Bonchev–Trinajstić information content (AvgIpc) is 2.54. The summed E-state index contributed by atoms with van der Waals surface area (Å²) >= 11 is 0. The van der Waals surface area contributed by atoms with E-state index < -0.39 is 0 Å². The molecule has 1 aromatic carbocycles. The van der Waals surface area contributed by atoms with Crippen LogP contribution in [0.25, 0.3) is 0 Å². The van der Waals surface area contributed by atoms with Crippen LogP contribution in [0.4, 0.5) is 0 Å². The molecule has 128 valence electrons. The fourth-order valence-corrected chi connectivity index (χ4v) is 2.96. The lowest BCUT2D eigenvalue weighted by Gasteiger charge is -2.33. The van der Waals surface area contributed by atoms with Gasteiger partial charge in [0, 0.05) is 31.6 Å². The first-order chi connectivity index (χ1) is 11.0. The van der Waals surface area contributed by atoms with Crippen molar-refractivity contribution in [2.24, 2.45) is 5.92 Å². The molecule has 4 heteroatoms. The number of rotatable bonds is 6. The van der Waals surface area contributed by atoms with Crippen LogP contribution in [0.3, 0.4) is 0 Å². The number of ether oxygens (including phenoxy) is 1. The highest BCUT2D eigenvalue weighted by Crippen LogP contribution is 2.19. The summed E-state index contributed by atoms with van der Waals surface area (Å²) in [5.41, 5.74) is 2.40. The van der Waals surface area contributed by atoms with Crippen molar-refractivity contribution in [2.45, 2.75) is 46.6 Å². The van der Waals surface area contributed by atoms with Crippen LogP contribution in [0.2, 0.25) is 0 Å². The van der Waals surface area contributed by atoms with E-state index in [-0.39, 0.29) is 11.8 Å². The van der Waals surface area contributed by atoms with Gasteiger partial charge in [0.05, 0.1) is 0 Å². The molecule has 0 aliphatic carbocycles. The number of carbonyl (C=O) groups is 1. The summed E-state index contributed by atoms with van der Waals surface area (Å²) in [6.45, 7) is 11.3. The van der Waals surface area contributed by atoms with E-state index in [1.54, 1.807) is 0 Å². The Balaban J connectivity index is 1.66. The fraction of sp³-hybridized carbons (Fsp3) is 0.632. The monoisotopic (exact) mass is 318 g/mol. The van der Waals surface area contributed by atoms with E-state index in [9.17, 15) is 4.79 Å². The number of carbonyl (C=O) groups excluding carboxylic acids is 1. The van der Waals surface area contributed by atoms with Crippen molar-refractivity contribution in [3.8, 4) is 5.75 Å². The first kappa shape index (κ1) is 17.8. The molecule has 4 nitrogen and oxygen atoms in total. The lowest BCUT2D eigenvalue weighted by molar-refractivity contribution is -0.135. The molecule has 0 atom stereocenters. The Morgan fingerprint density at radius 2 is 2.00 bits per heavy atom. The van der Waals surface area contributed by atoms with Crippen LogP contribution in [-0.4, -0.2) is 43.1 Å². The minimum atomic E-state index is 0.102. The third-order valence-corrected chi connectivity index (χ3v) is 4.44. The molecule has 1 amide bonds. The lowest BCUT2D eigenvalue weighted by Crippen LogP contribution is -2.46. The van der Waals surface area contributed by atoms with Crippen molar-refractivity contribution in [2.75, 3.05) is 26.2 Å². The predicted octanol–water partition coefficient (Wildman–Crippen LogP) is 2.92. The Kier molecular flexibility index (Phi) is 6.46. The molecule has 0 saturated carbocycles. The highest BCUT2D eigenvalue weighted by molar-refractivity contribution is 5.78. The van der Waals surface area contributed by atoms with Crippen molar-refractivity contribution in [1.82, 2.24) is 10.2 Å². The SMILES string of the molecule is Cc1ccc(C)c(OCCNC2CCN(C(=O)C(C)C)CC2)c1. The second-order valence-corrected chi connectivity index (χ2v) is 6.83. The molecule has 1 aliphatic heterocycles. The first-order valence-corrected chi connectivity index (χ1v) is 8.69. The molecular weight excluding hydrogens is 288 g/mol. The molecule has 1 saturated heterocycles. The van der Waals surface area contributed by atoms with Crippen LogP contribution in [0.1, 0.15) is 37.8 Å². The molecule has 1 aromatic rings. The minimum absolute atomic E-state index is 0.102. The number of likely N-dealkylation sites (tertiary alicyclic amines) is 1. The smallest absolute Gasteiger partial charge is 0.225 e. The van der Waals surface area contributed by atoms with E-state index in [0.717, 1.165) is 38.2 Å². The summed E-state index contributed by atoms with van der Waals surface area (Å²) in [5, 5.41) is 3.55. The van der Waals surface area contributed by atoms with Crippen LogP contribution in [-0.2, 0) is 4.79 Å². The van der Waals surface area contributed by atoms with Gasteiger partial charge >= 0.3 is 0 Å². The van der Waals surface area contributed by atoms with Gasteiger partial charge in [0.25, 0.3) is 0 Å². The van der Waals surface area contributed by atoms with E-state index in [0.29, 0.717) is 12.6 Å². The third-order valence-electron chi connectivity index (χ3n) is 4.44. The Labute approximate surface area is 140 Å². The number of benzene rings is 1. The zero-order chi connectivity index (χ0) is 16.8. The standard InChI is InChI=1S/C19H30N2O2/c1-14(2)19(22)21-10-7-17(8-11-21)20-9-12-23-18-13-15(3)5-6-16(18)4/h5-6,13-14,17,20H,7-12H2,1-4H3. The van der Waals surface area contributed by atoms with Gasteiger partial charge in [0.1, 0.15) is 12.4 Å². The maximum absolute atomic E-state index is 12.0. The Hall–Kier alpha value is -1.55. The van der Waals surface area contributed by atoms with Crippen molar-refractivity contribution in [1.29, 1.82) is 0 Å². The van der Waals surface area contributed by atoms with Crippen LogP contribution in [0.15, 0.2) is 18.2 Å². The molecule has 1 fully saturated rings. The van der Waals surface area contributed by atoms with Gasteiger partial charge in [-0.05, 0) is 43.9 Å². The number of nitrogens with one attached hydrogen (secondary N) is 1. The van der Waals surface area contributed by atoms with Gasteiger partial charge in [0.15, 0.2) is 0 Å². The molecule has 1 heterocycles. The van der Waals surface area contributed by atoms with Gasteiger partial charge in [-0.25, -0.2) is 0 Å². The van der Waals surface area contributed by atoms with Crippen molar-refractivity contribution in [3.63, 3.8) is 0 Å². The van der Waals surface area contributed by atoms with Crippen molar-refractivity contribution in [3.05, 3.63) is 29.3 Å². The number of amides is 1. The Bertz CT molecular complexity index is 520. The lowest BCUT2D eigenvalue weighted by atomic mass is 10.0. The van der Waals surface area contributed by atoms with Gasteiger partial charge in [-0.3, -0.25) is 4.79 Å². The molecule has 0 radical (unpaired) electrons. The molecule has 0 spiro atoms. The van der Waals surface area contributed by atoms with Crippen LogP contribution in [0, 0.1) is 19.8 Å². The average molecular weight is 318 g/mol. The maximum Gasteiger partial charge on any atom is 0.225 e. The molecule has 1 N–H and O–H groups in total. The second kappa shape index (κ2) is 8.34. The quantitative estimate of drug-likeness (QED) is 0.820. The largest absolute Gasteiger partial charge is 0.492 e. The summed E-state index contributed by atoms with van der Waals surface area (Å²) in [4.78, 5) is 14.0. The van der Waals surface area contributed by atoms with Crippen LogP contribution in [0.5, 0.6) is 5.75 Å². The molecule has 0 bridgehead atoms. The number of hydrogen-bond acceptors (Lipinski definition) is 3. The first-order valence-electron chi connectivity index (χ1n) is 8.69.